The second-order valence-electron chi connectivity index (χ2n) is 8.70. The van der Waals surface area contributed by atoms with Gasteiger partial charge in [-0.25, -0.2) is 15.0 Å². The van der Waals surface area contributed by atoms with Crippen LogP contribution < -0.4 is 10.6 Å². The number of likely N-dealkylation sites (tertiary alicyclic amines) is 1. The van der Waals surface area contributed by atoms with Crippen molar-refractivity contribution < 1.29 is 13.2 Å². The number of hydrogen-bond donors (Lipinski definition) is 2. The minimum Gasteiger partial charge on any atom is -0.351 e. The molecule has 0 atom stereocenters. The molecule has 0 bridgehead atoms. The predicted molar refractivity (Wildman–Crippen MR) is 124 cm³/mol. The second kappa shape index (κ2) is 9.52. The largest absolute Gasteiger partial charge is 0.420 e. The quantitative estimate of drug-likeness (QED) is 0.533. The van der Waals surface area contributed by atoms with Crippen LogP contribution in [0.2, 0.25) is 5.02 Å². The Bertz CT molecular complexity index is 1150. The first kappa shape index (κ1) is 23.1. The predicted octanol–water partition coefficient (Wildman–Crippen LogP) is 4.37. The van der Waals surface area contributed by atoms with Crippen molar-refractivity contribution in [2.45, 2.75) is 38.0 Å². The molecule has 1 aromatic carbocycles. The fourth-order valence-corrected chi connectivity index (χ4v) is 4.54. The molecule has 0 saturated carbocycles. The summed E-state index contributed by atoms with van der Waals surface area (Å²) < 4.78 is 42.8. The van der Waals surface area contributed by atoms with E-state index < -0.39 is 11.7 Å². The molecule has 0 radical (unpaired) electrons. The molecule has 34 heavy (non-hydrogen) atoms. The van der Waals surface area contributed by atoms with E-state index in [1.807, 2.05) is 18.2 Å². The lowest BCUT2D eigenvalue weighted by molar-refractivity contribution is -0.137. The fourth-order valence-electron chi connectivity index (χ4n) is 4.24. The molecular formula is C23H25ClF3N7. The van der Waals surface area contributed by atoms with Gasteiger partial charge in [0.1, 0.15) is 23.3 Å². The highest BCUT2D eigenvalue weighted by molar-refractivity contribution is 6.32. The van der Waals surface area contributed by atoms with Crippen molar-refractivity contribution in [1.29, 1.82) is 0 Å². The Labute approximate surface area is 200 Å². The Morgan fingerprint density at radius 2 is 1.94 bits per heavy atom. The standard InChI is InChI=1S/C23H25ClF3N7/c24-18-10-15(12-33-8-1-9-33)2-3-20(18)34-13-19(30-14-34)21-17(23(25,26)27)11-29-22(32-21)31-16-4-6-28-7-5-16/h2-3,10-11,13-14,16,28H,1,4-9,12H2,(H,29,31,32). The third-order valence-electron chi connectivity index (χ3n) is 6.24. The molecule has 2 fully saturated rings. The van der Waals surface area contributed by atoms with Gasteiger partial charge in [0.05, 0.1) is 10.7 Å². The summed E-state index contributed by atoms with van der Waals surface area (Å²) in [6.45, 7) is 4.68. The van der Waals surface area contributed by atoms with E-state index in [2.05, 4.69) is 30.5 Å². The van der Waals surface area contributed by atoms with Gasteiger partial charge in [-0.2, -0.15) is 13.2 Å². The summed E-state index contributed by atoms with van der Waals surface area (Å²) in [5.74, 6) is 0.165. The maximum atomic E-state index is 13.7. The summed E-state index contributed by atoms with van der Waals surface area (Å²) in [5.41, 5.74) is 0.651. The highest BCUT2D eigenvalue weighted by Gasteiger charge is 2.36. The molecule has 0 spiro atoms. The zero-order valence-corrected chi connectivity index (χ0v) is 19.2. The van der Waals surface area contributed by atoms with Gasteiger partial charge in [0.2, 0.25) is 5.95 Å². The maximum absolute atomic E-state index is 13.7. The van der Waals surface area contributed by atoms with Crippen molar-refractivity contribution in [2.24, 2.45) is 0 Å². The lowest BCUT2D eigenvalue weighted by Crippen LogP contribution is -2.36. The number of nitrogens with zero attached hydrogens (tertiary/aromatic N) is 5. The first-order valence-corrected chi connectivity index (χ1v) is 11.7. The second-order valence-corrected chi connectivity index (χ2v) is 9.11. The number of hydrogen-bond acceptors (Lipinski definition) is 6. The number of aromatic nitrogens is 4. The topological polar surface area (TPSA) is 70.9 Å². The molecule has 7 nitrogen and oxygen atoms in total. The molecule has 5 rings (SSSR count). The van der Waals surface area contributed by atoms with Crippen LogP contribution in [0, 0.1) is 0 Å². The monoisotopic (exact) mass is 491 g/mol. The number of halogens is 4. The van der Waals surface area contributed by atoms with Gasteiger partial charge in [-0.1, -0.05) is 17.7 Å². The van der Waals surface area contributed by atoms with E-state index in [-0.39, 0.29) is 23.4 Å². The van der Waals surface area contributed by atoms with Gasteiger partial charge >= 0.3 is 6.18 Å². The summed E-state index contributed by atoms with van der Waals surface area (Å²) in [4.78, 5) is 14.7. The Hall–Kier alpha value is -2.69. The molecule has 2 aromatic heterocycles. The fraction of sp³-hybridized carbons (Fsp3) is 0.435. The molecule has 0 unspecified atom stereocenters. The molecule has 2 saturated heterocycles. The van der Waals surface area contributed by atoms with Crippen LogP contribution in [0.5, 0.6) is 0 Å². The summed E-state index contributed by atoms with van der Waals surface area (Å²) in [6.07, 6.45) is 2.09. The van der Waals surface area contributed by atoms with Crippen molar-refractivity contribution in [3.05, 3.63) is 53.1 Å². The van der Waals surface area contributed by atoms with E-state index in [1.54, 1.807) is 4.57 Å². The van der Waals surface area contributed by atoms with Gasteiger partial charge in [0, 0.05) is 25.0 Å². The molecule has 180 valence electrons. The minimum atomic E-state index is -4.61. The zero-order chi connectivity index (χ0) is 23.7. The minimum absolute atomic E-state index is 0.101. The van der Waals surface area contributed by atoms with Crippen LogP contribution in [-0.2, 0) is 12.7 Å². The van der Waals surface area contributed by atoms with Crippen molar-refractivity contribution in [2.75, 3.05) is 31.5 Å². The average molecular weight is 492 g/mol. The Morgan fingerprint density at radius 3 is 2.62 bits per heavy atom. The molecule has 0 aliphatic carbocycles. The molecule has 2 aliphatic heterocycles. The highest BCUT2D eigenvalue weighted by atomic mass is 35.5. The third-order valence-corrected chi connectivity index (χ3v) is 6.54. The van der Waals surface area contributed by atoms with Crippen LogP contribution >= 0.6 is 11.6 Å². The number of nitrogens with one attached hydrogen (secondary N) is 2. The SMILES string of the molecule is FC(F)(F)c1cnc(NC2CCNCC2)nc1-c1cn(-c2ccc(CN3CCC3)cc2Cl)cn1. The molecular weight excluding hydrogens is 467 g/mol. The number of rotatable bonds is 6. The van der Waals surface area contributed by atoms with Gasteiger partial charge in [0.25, 0.3) is 0 Å². The van der Waals surface area contributed by atoms with Gasteiger partial charge in [0.15, 0.2) is 0 Å². The van der Waals surface area contributed by atoms with Gasteiger partial charge < -0.3 is 15.2 Å². The summed E-state index contributed by atoms with van der Waals surface area (Å²) in [6, 6.07) is 5.84. The number of piperidine rings is 1. The normalized spacial score (nSPS) is 17.5. The maximum Gasteiger partial charge on any atom is 0.420 e. The van der Waals surface area contributed by atoms with E-state index in [4.69, 9.17) is 11.6 Å². The van der Waals surface area contributed by atoms with Crippen LogP contribution in [0.25, 0.3) is 17.1 Å². The summed E-state index contributed by atoms with van der Waals surface area (Å²) in [7, 11) is 0. The number of alkyl halides is 3. The molecule has 11 heteroatoms. The molecule has 3 aromatic rings. The van der Waals surface area contributed by atoms with Crippen LogP contribution in [0.15, 0.2) is 36.9 Å². The molecule has 2 aliphatic rings. The van der Waals surface area contributed by atoms with Crippen molar-refractivity contribution in [1.82, 2.24) is 29.7 Å². The zero-order valence-electron chi connectivity index (χ0n) is 18.4. The first-order valence-electron chi connectivity index (χ1n) is 11.3. The van der Waals surface area contributed by atoms with Gasteiger partial charge in [-0.3, -0.25) is 4.90 Å². The van der Waals surface area contributed by atoms with Crippen LogP contribution in [0.4, 0.5) is 19.1 Å². The third kappa shape index (κ3) is 5.03. The van der Waals surface area contributed by atoms with Crippen molar-refractivity contribution >= 4 is 17.5 Å². The van der Waals surface area contributed by atoms with Crippen molar-refractivity contribution in [3.63, 3.8) is 0 Å². The highest BCUT2D eigenvalue weighted by Crippen LogP contribution is 2.36. The number of benzene rings is 1. The first-order chi connectivity index (χ1) is 16.4. The van der Waals surface area contributed by atoms with E-state index in [0.29, 0.717) is 10.7 Å². The molecule has 0 amide bonds. The summed E-state index contributed by atoms with van der Waals surface area (Å²) in [5, 5.41) is 6.92. The Balaban J connectivity index is 1.43. The Kier molecular flexibility index (Phi) is 6.46. The summed E-state index contributed by atoms with van der Waals surface area (Å²) >= 11 is 6.51. The lowest BCUT2D eigenvalue weighted by atomic mass is 10.1. The average Bonchev–Trinajstić information content (AvgIpc) is 3.26. The van der Waals surface area contributed by atoms with Crippen LogP contribution in [0.3, 0.4) is 0 Å². The number of anilines is 1. The molecule has 2 N–H and O–H groups in total. The van der Waals surface area contributed by atoms with Crippen molar-refractivity contribution in [3.8, 4) is 17.1 Å². The number of imidazole rings is 1. The van der Waals surface area contributed by atoms with E-state index in [1.165, 1.54) is 18.9 Å². The molecule has 4 heterocycles. The van der Waals surface area contributed by atoms with E-state index in [0.717, 1.165) is 57.3 Å². The van der Waals surface area contributed by atoms with E-state index >= 15 is 0 Å². The van der Waals surface area contributed by atoms with E-state index in [9.17, 15) is 13.2 Å². The van der Waals surface area contributed by atoms with Gasteiger partial charge in [-0.15, -0.1) is 0 Å². The smallest absolute Gasteiger partial charge is 0.351 e. The lowest BCUT2D eigenvalue weighted by Gasteiger charge is -2.30. The van der Waals surface area contributed by atoms with Gasteiger partial charge in [-0.05, 0) is 63.1 Å². The Morgan fingerprint density at radius 1 is 1.15 bits per heavy atom. The van der Waals surface area contributed by atoms with Crippen LogP contribution in [-0.4, -0.2) is 56.6 Å². The van der Waals surface area contributed by atoms with Crippen LogP contribution in [0.1, 0.15) is 30.4 Å².